The lowest BCUT2D eigenvalue weighted by Gasteiger charge is -2.04. The van der Waals surface area contributed by atoms with Crippen LogP contribution in [0.2, 0.25) is 5.02 Å². The summed E-state index contributed by atoms with van der Waals surface area (Å²) >= 11 is 9.40. The molecule has 0 amide bonds. The van der Waals surface area contributed by atoms with E-state index >= 15 is 0 Å². The van der Waals surface area contributed by atoms with Crippen molar-refractivity contribution in [1.29, 1.82) is 0 Å². The quantitative estimate of drug-likeness (QED) is 0.855. The summed E-state index contributed by atoms with van der Waals surface area (Å²) in [6.07, 6.45) is 0. The Balaban J connectivity index is 2.78. The number of rotatable bonds is 1. The molecule has 0 aliphatic rings. The highest BCUT2D eigenvalue weighted by molar-refractivity contribution is 9.10. The van der Waals surface area contributed by atoms with Crippen LogP contribution in [-0.2, 0) is 0 Å². The van der Waals surface area contributed by atoms with Crippen molar-refractivity contribution in [3.63, 3.8) is 0 Å². The van der Waals surface area contributed by atoms with Crippen LogP contribution < -0.4 is 5.32 Å². The second kappa shape index (κ2) is 3.75. The van der Waals surface area contributed by atoms with Gasteiger partial charge >= 0.3 is 0 Å². The Bertz CT molecular complexity index is 485. The Morgan fingerprint density at radius 1 is 1.29 bits per heavy atom. The van der Waals surface area contributed by atoms with Gasteiger partial charge in [0.1, 0.15) is 5.82 Å². The van der Waals surface area contributed by atoms with Gasteiger partial charge in [0.05, 0.1) is 15.0 Å². The zero-order valence-electron chi connectivity index (χ0n) is 7.51. The van der Waals surface area contributed by atoms with Crippen molar-refractivity contribution in [3.05, 3.63) is 33.8 Å². The lowest BCUT2D eigenvalue weighted by molar-refractivity contribution is 1.34. The van der Waals surface area contributed by atoms with E-state index in [1.54, 1.807) is 0 Å². The fourth-order valence-corrected chi connectivity index (χ4v) is 1.87. The van der Waals surface area contributed by atoms with Gasteiger partial charge in [-0.05, 0) is 34.1 Å². The van der Waals surface area contributed by atoms with Crippen LogP contribution in [0.5, 0.6) is 0 Å². The van der Waals surface area contributed by atoms with Crippen LogP contribution in [0.4, 0.5) is 5.82 Å². The number of benzene rings is 1. The highest BCUT2D eigenvalue weighted by Gasteiger charge is 2.04. The van der Waals surface area contributed by atoms with Crippen molar-refractivity contribution >= 4 is 44.3 Å². The minimum atomic E-state index is 0.679. The molecule has 0 unspecified atom stereocenters. The molecule has 1 N–H and O–H groups in total. The number of nitrogens with one attached hydrogen (secondary N) is 1. The molecule has 0 fully saturated rings. The second-order valence-electron chi connectivity index (χ2n) is 2.88. The average Bonchev–Trinajstić information content (AvgIpc) is 2.23. The summed E-state index contributed by atoms with van der Waals surface area (Å²) in [7, 11) is 1.84. The lowest BCUT2D eigenvalue weighted by Crippen LogP contribution is -1.92. The van der Waals surface area contributed by atoms with E-state index in [0.717, 1.165) is 21.2 Å². The first-order chi connectivity index (χ1) is 6.72. The van der Waals surface area contributed by atoms with Gasteiger partial charge in [-0.15, -0.1) is 0 Å². The Morgan fingerprint density at radius 2 is 2.00 bits per heavy atom. The molecule has 2 rings (SSSR count). The predicted octanol–water partition coefficient (Wildman–Crippen LogP) is 3.69. The van der Waals surface area contributed by atoms with Gasteiger partial charge in [0.25, 0.3) is 0 Å². The van der Waals surface area contributed by atoms with E-state index in [9.17, 15) is 0 Å². The van der Waals surface area contributed by atoms with Crippen LogP contribution in [-0.4, -0.2) is 12.0 Å². The number of halogens is 2. The molecular weight excluding hydrogens is 263 g/mol. The first-order valence-corrected chi connectivity index (χ1v) is 5.32. The predicted molar refractivity (Wildman–Crippen MR) is 64.0 cm³/mol. The number of fused-ring (bicyclic) bond motifs is 1. The molecule has 0 spiro atoms. The summed E-state index contributed by atoms with van der Waals surface area (Å²) in [5, 5.41) is 4.74. The van der Waals surface area contributed by atoms with E-state index in [2.05, 4.69) is 26.2 Å². The van der Waals surface area contributed by atoms with E-state index in [-0.39, 0.29) is 0 Å². The molecule has 0 aliphatic carbocycles. The summed E-state index contributed by atoms with van der Waals surface area (Å²) in [5.41, 5.74) is 0.879. The van der Waals surface area contributed by atoms with E-state index < -0.39 is 0 Å². The van der Waals surface area contributed by atoms with Gasteiger partial charge in [0.15, 0.2) is 0 Å². The van der Waals surface area contributed by atoms with Crippen LogP contribution in [0.15, 0.2) is 28.7 Å². The molecule has 72 valence electrons. The summed E-state index contributed by atoms with van der Waals surface area (Å²) in [4.78, 5) is 4.41. The Hall–Kier alpha value is -0.800. The van der Waals surface area contributed by atoms with Gasteiger partial charge in [-0.3, -0.25) is 0 Å². The molecule has 2 aromatic rings. The van der Waals surface area contributed by atoms with Gasteiger partial charge < -0.3 is 5.32 Å². The normalized spacial score (nSPS) is 10.5. The molecule has 1 aromatic heterocycles. The van der Waals surface area contributed by atoms with Gasteiger partial charge in [0.2, 0.25) is 0 Å². The molecule has 0 radical (unpaired) electrons. The highest BCUT2D eigenvalue weighted by atomic mass is 79.9. The number of hydrogen-bond donors (Lipinski definition) is 1. The monoisotopic (exact) mass is 270 g/mol. The zero-order valence-corrected chi connectivity index (χ0v) is 9.85. The third-order valence-electron chi connectivity index (χ3n) is 2.01. The van der Waals surface area contributed by atoms with Gasteiger partial charge in [-0.25, -0.2) is 4.98 Å². The van der Waals surface area contributed by atoms with Crippen molar-refractivity contribution < 1.29 is 0 Å². The fourth-order valence-electron chi connectivity index (χ4n) is 1.27. The molecular formula is C10H8BrClN2. The van der Waals surface area contributed by atoms with E-state index in [1.807, 2.05) is 31.3 Å². The minimum Gasteiger partial charge on any atom is -0.373 e. The largest absolute Gasteiger partial charge is 0.373 e. The lowest BCUT2D eigenvalue weighted by atomic mass is 10.2. The van der Waals surface area contributed by atoms with Crippen molar-refractivity contribution in [2.45, 2.75) is 0 Å². The maximum absolute atomic E-state index is 5.98. The Kier molecular flexibility index (Phi) is 2.61. The summed E-state index contributed by atoms with van der Waals surface area (Å²) in [6.45, 7) is 0. The molecule has 0 aliphatic heterocycles. The molecule has 14 heavy (non-hydrogen) atoms. The van der Waals surface area contributed by atoms with Crippen molar-refractivity contribution in [2.24, 2.45) is 0 Å². The van der Waals surface area contributed by atoms with Gasteiger partial charge in [-0.2, -0.15) is 0 Å². The zero-order chi connectivity index (χ0) is 10.1. The maximum Gasteiger partial charge on any atom is 0.126 e. The molecule has 0 bridgehead atoms. The minimum absolute atomic E-state index is 0.679. The molecule has 4 heteroatoms. The van der Waals surface area contributed by atoms with Crippen molar-refractivity contribution in [2.75, 3.05) is 12.4 Å². The third kappa shape index (κ3) is 1.57. The van der Waals surface area contributed by atoms with E-state index in [0.29, 0.717) is 5.02 Å². The van der Waals surface area contributed by atoms with Crippen LogP contribution >= 0.6 is 27.5 Å². The third-order valence-corrected chi connectivity index (χ3v) is 3.36. The van der Waals surface area contributed by atoms with E-state index in [4.69, 9.17) is 11.6 Å². The van der Waals surface area contributed by atoms with Crippen LogP contribution in [0, 0.1) is 0 Å². The van der Waals surface area contributed by atoms with E-state index in [1.165, 1.54) is 0 Å². The fraction of sp³-hybridized carbons (Fsp3) is 0.100. The highest BCUT2D eigenvalue weighted by Crippen LogP contribution is 2.30. The second-order valence-corrected chi connectivity index (χ2v) is 4.08. The topological polar surface area (TPSA) is 24.9 Å². The van der Waals surface area contributed by atoms with Crippen molar-refractivity contribution in [3.8, 4) is 0 Å². The molecule has 0 saturated carbocycles. The van der Waals surface area contributed by atoms with Gasteiger partial charge in [-0.1, -0.05) is 17.7 Å². The van der Waals surface area contributed by atoms with Crippen LogP contribution in [0.25, 0.3) is 10.9 Å². The number of nitrogens with zero attached hydrogens (tertiary/aromatic N) is 1. The molecule has 1 heterocycles. The Labute approximate surface area is 95.4 Å². The van der Waals surface area contributed by atoms with Crippen LogP contribution in [0.1, 0.15) is 0 Å². The Morgan fingerprint density at radius 3 is 2.71 bits per heavy atom. The first kappa shape index (κ1) is 9.74. The maximum atomic E-state index is 5.98. The standard InChI is InChI=1S/C10H8BrClN2/c1-13-8-5-3-6-2-4-7(12)9(11)10(6)14-8/h2-5H,1H3,(H,13,14). The van der Waals surface area contributed by atoms with Crippen LogP contribution in [0.3, 0.4) is 0 Å². The number of aromatic nitrogens is 1. The van der Waals surface area contributed by atoms with Gasteiger partial charge in [0, 0.05) is 12.4 Å². The van der Waals surface area contributed by atoms with Crippen molar-refractivity contribution in [1.82, 2.24) is 4.98 Å². The number of hydrogen-bond acceptors (Lipinski definition) is 2. The number of pyridine rings is 1. The SMILES string of the molecule is CNc1ccc2ccc(Cl)c(Br)c2n1. The molecule has 1 aromatic carbocycles. The summed E-state index contributed by atoms with van der Waals surface area (Å²) in [5.74, 6) is 0.834. The number of anilines is 1. The average molecular weight is 272 g/mol. The first-order valence-electron chi connectivity index (χ1n) is 4.15. The molecule has 0 saturated heterocycles. The summed E-state index contributed by atoms with van der Waals surface area (Å²) < 4.78 is 0.841. The summed E-state index contributed by atoms with van der Waals surface area (Å²) in [6, 6.07) is 7.75. The smallest absolute Gasteiger partial charge is 0.126 e. The molecule has 2 nitrogen and oxygen atoms in total. The molecule has 0 atom stereocenters.